The van der Waals surface area contributed by atoms with Crippen molar-refractivity contribution in [2.75, 3.05) is 7.05 Å². The maximum Gasteiger partial charge on any atom is 0.0270 e. The van der Waals surface area contributed by atoms with Crippen molar-refractivity contribution >= 4 is 0 Å². The Bertz CT molecular complexity index is 549. The maximum atomic E-state index is 4.07. The molecule has 0 aliphatic carbocycles. The first kappa shape index (κ1) is 14.7. The van der Waals surface area contributed by atoms with Gasteiger partial charge in [-0.1, -0.05) is 23.8 Å². The van der Waals surface area contributed by atoms with E-state index >= 15 is 0 Å². The summed E-state index contributed by atoms with van der Waals surface area (Å²) in [7, 11) is 2.20. The molecule has 2 rings (SSSR count). The number of aromatic nitrogens is 1. The lowest BCUT2D eigenvalue weighted by Crippen LogP contribution is -2.30. The van der Waals surface area contributed by atoms with Crippen LogP contribution in [0.4, 0.5) is 0 Å². The van der Waals surface area contributed by atoms with Crippen molar-refractivity contribution in [1.82, 2.24) is 9.88 Å². The zero-order valence-corrected chi connectivity index (χ0v) is 12.9. The molecule has 0 radical (unpaired) electrons. The molecule has 2 heteroatoms. The summed E-state index contributed by atoms with van der Waals surface area (Å²) in [6, 6.07) is 11.4. The molecule has 0 bridgehead atoms. The molecule has 1 aromatic carbocycles. The molecule has 0 saturated carbocycles. The predicted octanol–water partition coefficient (Wildman–Crippen LogP) is 3.76. The van der Waals surface area contributed by atoms with E-state index in [2.05, 4.69) is 68.0 Å². The van der Waals surface area contributed by atoms with E-state index in [0.29, 0.717) is 6.04 Å². The molecule has 0 amide bonds. The normalized spacial score (nSPS) is 12.7. The van der Waals surface area contributed by atoms with Crippen LogP contribution in [0.3, 0.4) is 0 Å². The fraction of sp³-hybridized carbons (Fsp3) is 0.389. The topological polar surface area (TPSA) is 16.1 Å². The van der Waals surface area contributed by atoms with Gasteiger partial charge in [0, 0.05) is 25.0 Å². The molecule has 106 valence electrons. The number of nitrogens with zero attached hydrogens (tertiary/aromatic N) is 2. The standard InChI is InChI=1S/C18H24N2/c1-14-5-6-18(15(2)11-14)13-20(4)16(3)12-17-7-9-19-10-8-17/h5-11,16H,12-13H2,1-4H3. The Kier molecular flexibility index (Phi) is 4.91. The maximum absolute atomic E-state index is 4.07. The SMILES string of the molecule is Cc1ccc(CN(C)C(C)Cc2ccncc2)c(C)c1. The van der Waals surface area contributed by atoms with Crippen molar-refractivity contribution in [3.63, 3.8) is 0 Å². The van der Waals surface area contributed by atoms with Crippen molar-refractivity contribution in [2.24, 2.45) is 0 Å². The third-order valence-corrected chi connectivity index (χ3v) is 3.95. The molecular formula is C18H24N2. The summed E-state index contributed by atoms with van der Waals surface area (Å²) in [4.78, 5) is 6.49. The second kappa shape index (κ2) is 6.67. The molecule has 1 unspecified atom stereocenters. The minimum absolute atomic E-state index is 0.512. The number of benzene rings is 1. The van der Waals surface area contributed by atoms with E-state index in [0.717, 1.165) is 13.0 Å². The van der Waals surface area contributed by atoms with Crippen LogP contribution < -0.4 is 0 Å². The molecule has 1 atom stereocenters. The molecule has 1 aromatic heterocycles. The first-order valence-corrected chi connectivity index (χ1v) is 7.21. The number of hydrogen-bond donors (Lipinski definition) is 0. The summed E-state index contributed by atoms with van der Waals surface area (Å²) in [5.74, 6) is 0. The Morgan fingerprint density at radius 1 is 1.10 bits per heavy atom. The van der Waals surface area contributed by atoms with Crippen molar-refractivity contribution in [3.8, 4) is 0 Å². The van der Waals surface area contributed by atoms with Crippen LogP contribution in [-0.4, -0.2) is 23.0 Å². The van der Waals surface area contributed by atoms with Gasteiger partial charge < -0.3 is 0 Å². The molecule has 0 fully saturated rings. The molecule has 1 heterocycles. The molecule has 0 saturated heterocycles. The Morgan fingerprint density at radius 2 is 1.80 bits per heavy atom. The van der Waals surface area contributed by atoms with E-state index in [1.165, 1.54) is 22.3 Å². The molecule has 0 aliphatic rings. The smallest absolute Gasteiger partial charge is 0.0270 e. The van der Waals surface area contributed by atoms with Gasteiger partial charge in [0.15, 0.2) is 0 Å². The summed E-state index contributed by atoms with van der Waals surface area (Å²) in [5, 5.41) is 0. The van der Waals surface area contributed by atoms with E-state index in [1.54, 1.807) is 0 Å². The van der Waals surface area contributed by atoms with E-state index in [-0.39, 0.29) is 0 Å². The molecule has 0 aliphatic heterocycles. The average molecular weight is 268 g/mol. The predicted molar refractivity (Wildman–Crippen MR) is 84.8 cm³/mol. The lowest BCUT2D eigenvalue weighted by Gasteiger charge is -2.25. The van der Waals surface area contributed by atoms with Crippen LogP contribution in [0, 0.1) is 13.8 Å². The molecule has 0 N–H and O–H groups in total. The third kappa shape index (κ3) is 3.91. The average Bonchev–Trinajstić information content (AvgIpc) is 2.43. The van der Waals surface area contributed by atoms with E-state index in [9.17, 15) is 0 Å². The third-order valence-electron chi connectivity index (χ3n) is 3.95. The summed E-state index contributed by atoms with van der Waals surface area (Å²) in [6.45, 7) is 7.62. The number of rotatable bonds is 5. The fourth-order valence-electron chi connectivity index (χ4n) is 2.46. The van der Waals surface area contributed by atoms with Crippen LogP contribution in [0.15, 0.2) is 42.7 Å². The lowest BCUT2D eigenvalue weighted by molar-refractivity contribution is 0.247. The largest absolute Gasteiger partial charge is 0.299 e. The highest BCUT2D eigenvalue weighted by Crippen LogP contribution is 2.15. The van der Waals surface area contributed by atoms with Crippen molar-refractivity contribution < 1.29 is 0 Å². The van der Waals surface area contributed by atoms with Crippen LogP contribution in [0.5, 0.6) is 0 Å². The van der Waals surface area contributed by atoms with Crippen molar-refractivity contribution in [2.45, 2.75) is 39.8 Å². The van der Waals surface area contributed by atoms with Crippen LogP contribution in [0.1, 0.15) is 29.2 Å². The number of likely N-dealkylation sites (N-methyl/N-ethyl adjacent to an activating group) is 1. The van der Waals surface area contributed by atoms with Gasteiger partial charge >= 0.3 is 0 Å². The highest BCUT2D eigenvalue weighted by molar-refractivity contribution is 5.30. The Hall–Kier alpha value is -1.67. The van der Waals surface area contributed by atoms with Gasteiger partial charge in [0.2, 0.25) is 0 Å². The molecule has 0 spiro atoms. The summed E-state index contributed by atoms with van der Waals surface area (Å²) >= 11 is 0. The molecular weight excluding hydrogens is 244 g/mol. The van der Waals surface area contributed by atoms with E-state index < -0.39 is 0 Å². The number of hydrogen-bond acceptors (Lipinski definition) is 2. The van der Waals surface area contributed by atoms with Crippen LogP contribution >= 0.6 is 0 Å². The molecule has 2 aromatic rings. The lowest BCUT2D eigenvalue weighted by atomic mass is 10.0. The second-order valence-electron chi connectivity index (χ2n) is 5.75. The monoisotopic (exact) mass is 268 g/mol. The van der Waals surface area contributed by atoms with Crippen LogP contribution in [0.25, 0.3) is 0 Å². The van der Waals surface area contributed by atoms with Gasteiger partial charge in [0.1, 0.15) is 0 Å². The van der Waals surface area contributed by atoms with Gasteiger partial charge in [-0.2, -0.15) is 0 Å². The summed E-state index contributed by atoms with van der Waals surface area (Å²) < 4.78 is 0. The van der Waals surface area contributed by atoms with E-state index in [4.69, 9.17) is 0 Å². The first-order valence-electron chi connectivity index (χ1n) is 7.21. The van der Waals surface area contributed by atoms with Crippen LogP contribution in [0.2, 0.25) is 0 Å². The summed E-state index contributed by atoms with van der Waals surface area (Å²) in [5.41, 5.74) is 5.48. The van der Waals surface area contributed by atoms with Gasteiger partial charge in [-0.3, -0.25) is 9.88 Å². The van der Waals surface area contributed by atoms with Crippen LogP contribution in [-0.2, 0) is 13.0 Å². The van der Waals surface area contributed by atoms with Crippen molar-refractivity contribution in [1.29, 1.82) is 0 Å². The minimum Gasteiger partial charge on any atom is -0.299 e. The van der Waals surface area contributed by atoms with Crippen molar-refractivity contribution in [3.05, 3.63) is 65.0 Å². The fourth-order valence-corrected chi connectivity index (χ4v) is 2.46. The molecule has 20 heavy (non-hydrogen) atoms. The first-order chi connectivity index (χ1) is 9.56. The summed E-state index contributed by atoms with van der Waals surface area (Å²) in [6.07, 6.45) is 4.79. The van der Waals surface area contributed by atoms with E-state index in [1.807, 2.05) is 12.4 Å². The Labute approximate surface area is 122 Å². The van der Waals surface area contributed by atoms with Gasteiger partial charge in [-0.05, 0) is 63.1 Å². The minimum atomic E-state index is 0.512. The van der Waals surface area contributed by atoms with Gasteiger partial charge in [0.05, 0.1) is 0 Å². The molecule has 2 nitrogen and oxygen atoms in total. The number of pyridine rings is 1. The highest BCUT2D eigenvalue weighted by Gasteiger charge is 2.11. The Morgan fingerprint density at radius 3 is 2.45 bits per heavy atom. The zero-order chi connectivity index (χ0) is 14.5. The van der Waals surface area contributed by atoms with Gasteiger partial charge in [0.25, 0.3) is 0 Å². The number of aryl methyl sites for hydroxylation is 2. The highest BCUT2D eigenvalue weighted by atomic mass is 15.1. The van der Waals surface area contributed by atoms with Gasteiger partial charge in [-0.25, -0.2) is 0 Å². The Balaban J connectivity index is 1.98. The zero-order valence-electron chi connectivity index (χ0n) is 12.9. The second-order valence-corrected chi connectivity index (χ2v) is 5.75. The van der Waals surface area contributed by atoms with Gasteiger partial charge in [-0.15, -0.1) is 0 Å². The quantitative estimate of drug-likeness (QED) is 0.821.